The molecule has 2 aliphatic rings. The van der Waals surface area contributed by atoms with Crippen LogP contribution in [0.2, 0.25) is 0 Å². The molecule has 1 saturated heterocycles. The van der Waals surface area contributed by atoms with Crippen molar-refractivity contribution in [2.45, 2.75) is 51.7 Å². The predicted molar refractivity (Wildman–Crippen MR) is 137 cm³/mol. The number of hydrogen-bond donors (Lipinski definition) is 1. The molecule has 4 aromatic rings. The van der Waals surface area contributed by atoms with Gasteiger partial charge in [-0.3, -0.25) is 9.38 Å². The lowest BCUT2D eigenvalue weighted by Gasteiger charge is -2.50. The number of hydrogen-bond acceptors (Lipinski definition) is 7. The van der Waals surface area contributed by atoms with Gasteiger partial charge in [0.25, 0.3) is 0 Å². The van der Waals surface area contributed by atoms with E-state index >= 15 is 0 Å². The molecule has 10 heteroatoms. The van der Waals surface area contributed by atoms with Crippen LogP contribution in [0.5, 0.6) is 5.88 Å². The Hall–Kier alpha value is -3.48. The van der Waals surface area contributed by atoms with Crippen molar-refractivity contribution in [2.24, 2.45) is 5.41 Å². The van der Waals surface area contributed by atoms with Gasteiger partial charge in [0, 0.05) is 17.8 Å². The molecule has 4 aromatic heterocycles. The van der Waals surface area contributed by atoms with E-state index in [2.05, 4.69) is 43.3 Å². The third-order valence-electron chi connectivity index (χ3n) is 7.64. The number of imidazole rings is 1. The quantitative estimate of drug-likeness (QED) is 0.428. The maximum Gasteiger partial charge on any atom is 0.201 e. The van der Waals surface area contributed by atoms with Gasteiger partial charge in [0.1, 0.15) is 29.2 Å². The number of piperidine rings is 1. The van der Waals surface area contributed by atoms with Gasteiger partial charge in [-0.15, -0.1) is 17.5 Å². The molecule has 36 heavy (non-hydrogen) atoms. The fourth-order valence-corrected chi connectivity index (χ4v) is 5.67. The minimum Gasteiger partial charge on any atom is -0.469 e. The van der Waals surface area contributed by atoms with Crippen molar-refractivity contribution < 1.29 is 4.74 Å². The molecule has 1 aliphatic heterocycles. The average molecular weight is 505 g/mol. The molecule has 1 N–H and O–H groups in total. The zero-order chi connectivity index (χ0) is 24.0. The highest BCUT2D eigenvalue weighted by Gasteiger charge is 2.46. The number of fused-ring (bicyclic) bond motifs is 1. The fourth-order valence-electron chi connectivity index (χ4n) is 5.67. The van der Waals surface area contributed by atoms with Crippen LogP contribution in [0, 0.1) is 23.7 Å². The van der Waals surface area contributed by atoms with Gasteiger partial charge in [0.2, 0.25) is 5.88 Å². The number of nitrogens with zero attached hydrogens (tertiary/aromatic N) is 7. The Balaban J connectivity index is 0.00000267. The van der Waals surface area contributed by atoms with Crippen LogP contribution in [-0.4, -0.2) is 42.5 Å². The van der Waals surface area contributed by atoms with E-state index in [1.807, 2.05) is 37.3 Å². The van der Waals surface area contributed by atoms with Gasteiger partial charge in [-0.25, -0.2) is 9.67 Å². The Morgan fingerprint density at radius 2 is 2.00 bits per heavy atom. The molecular formula is C26H29ClN8O. The fraction of sp³-hybridized carbons (Fsp3) is 0.423. The zero-order valence-corrected chi connectivity index (χ0v) is 21.2. The van der Waals surface area contributed by atoms with Crippen molar-refractivity contribution in [2.75, 3.05) is 13.1 Å². The lowest BCUT2D eigenvalue weighted by molar-refractivity contribution is 0.0212. The molecule has 1 spiro atoms. The summed E-state index contributed by atoms with van der Waals surface area (Å²) >= 11 is 0. The standard InChI is InChI=1S/C26H28N8O.ClH/c1-17-25(31-32-34(17)20-13-26(14-20)6-9-28-10-7-26)19-11-23-30-16-21(15-27)33(23)24(12-19)35-18(2)22-5-3-4-8-29-22;/h3-5,8,11-12,16,18,20,28H,6-7,9-10,13-14H2,1-2H3;1H/t18-;/m1./s1. The monoisotopic (exact) mass is 504 g/mol. The Kier molecular flexibility index (Phi) is 6.41. The van der Waals surface area contributed by atoms with Gasteiger partial charge in [-0.05, 0) is 76.2 Å². The van der Waals surface area contributed by atoms with Crippen molar-refractivity contribution in [3.05, 3.63) is 59.8 Å². The maximum absolute atomic E-state index is 9.63. The van der Waals surface area contributed by atoms with Crippen molar-refractivity contribution in [1.82, 2.24) is 34.7 Å². The molecule has 0 bridgehead atoms. The molecule has 0 amide bonds. The highest BCUT2D eigenvalue weighted by atomic mass is 35.5. The number of pyridine rings is 2. The Labute approximate surface area is 215 Å². The van der Waals surface area contributed by atoms with E-state index in [4.69, 9.17) is 4.74 Å². The summed E-state index contributed by atoms with van der Waals surface area (Å²) in [6.07, 6.45) is 7.83. The van der Waals surface area contributed by atoms with Crippen molar-refractivity contribution >= 4 is 18.1 Å². The van der Waals surface area contributed by atoms with Gasteiger partial charge in [0.15, 0.2) is 0 Å². The van der Waals surface area contributed by atoms with E-state index in [1.165, 1.54) is 25.7 Å². The van der Waals surface area contributed by atoms with Crippen LogP contribution in [0.15, 0.2) is 42.7 Å². The van der Waals surface area contributed by atoms with E-state index < -0.39 is 0 Å². The maximum atomic E-state index is 9.63. The van der Waals surface area contributed by atoms with E-state index in [1.54, 1.807) is 16.8 Å². The van der Waals surface area contributed by atoms with Crippen LogP contribution >= 0.6 is 12.4 Å². The Morgan fingerprint density at radius 1 is 1.19 bits per heavy atom. The molecule has 186 valence electrons. The summed E-state index contributed by atoms with van der Waals surface area (Å²) < 4.78 is 10.2. The Morgan fingerprint density at radius 3 is 2.72 bits per heavy atom. The van der Waals surface area contributed by atoms with Gasteiger partial charge in [-0.2, -0.15) is 5.26 Å². The summed E-state index contributed by atoms with van der Waals surface area (Å²) in [7, 11) is 0. The summed E-state index contributed by atoms with van der Waals surface area (Å²) in [6, 6.07) is 12.2. The Bertz CT molecular complexity index is 1410. The second-order valence-electron chi connectivity index (χ2n) is 9.83. The number of halogens is 1. The van der Waals surface area contributed by atoms with Gasteiger partial charge < -0.3 is 10.1 Å². The largest absolute Gasteiger partial charge is 0.469 e. The van der Waals surface area contributed by atoms with Crippen molar-refractivity contribution in [1.29, 1.82) is 5.26 Å². The van der Waals surface area contributed by atoms with Crippen LogP contribution < -0.4 is 10.1 Å². The van der Waals surface area contributed by atoms with Crippen LogP contribution in [0.25, 0.3) is 16.9 Å². The molecule has 0 unspecified atom stereocenters. The molecule has 9 nitrogen and oxygen atoms in total. The second-order valence-corrected chi connectivity index (χ2v) is 9.83. The first kappa shape index (κ1) is 24.2. The number of nitrogens with one attached hydrogen (secondary N) is 1. The lowest BCUT2D eigenvalue weighted by atomic mass is 9.60. The highest BCUT2D eigenvalue weighted by molar-refractivity contribution is 5.85. The van der Waals surface area contributed by atoms with Crippen LogP contribution in [-0.2, 0) is 0 Å². The zero-order valence-electron chi connectivity index (χ0n) is 20.4. The average Bonchev–Trinajstić information content (AvgIpc) is 3.46. The summed E-state index contributed by atoms with van der Waals surface area (Å²) in [4.78, 5) is 8.87. The SMILES string of the molecule is Cc1c(-c2cc(O[C@H](C)c3ccccn3)n3c(C#N)cnc3c2)nnn1C1CC2(CCNCC2)C1.Cl. The molecule has 0 aromatic carbocycles. The van der Waals surface area contributed by atoms with Crippen molar-refractivity contribution in [3.8, 4) is 23.2 Å². The summed E-state index contributed by atoms with van der Waals surface area (Å²) in [6.45, 7) is 6.25. The normalized spacial score (nSPS) is 17.8. The van der Waals surface area contributed by atoms with Gasteiger partial charge in [-0.1, -0.05) is 11.3 Å². The van der Waals surface area contributed by atoms with Crippen LogP contribution in [0.3, 0.4) is 0 Å². The number of ether oxygens (including phenoxy) is 1. The molecular weight excluding hydrogens is 476 g/mol. The third kappa shape index (κ3) is 4.10. The highest BCUT2D eigenvalue weighted by Crippen LogP contribution is 2.54. The number of aromatic nitrogens is 6. The van der Waals surface area contributed by atoms with Gasteiger partial charge in [0.05, 0.1) is 23.6 Å². The molecule has 1 aliphatic carbocycles. The molecule has 1 atom stereocenters. The third-order valence-corrected chi connectivity index (χ3v) is 7.64. The van der Waals surface area contributed by atoms with Crippen molar-refractivity contribution in [3.63, 3.8) is 0 Å². The summed E-state index contributed by atoms with van der Waals surface area (Å²) in [5.41, 5.74) is 5.05. The minimum atomic E-state index is -0.309. The molecule has 1 saturated carbocycles. The smallest absolute Gasteiger partial charge is 0.201 e. The number of nitriles is 1. The summed E-state index contributed by atoms with van der Waals surface area (Å²) in [5.74, 6) is 0.524. The first-order chi connectivity index (χ1) is 17.1. The van der Waals surface area contributed by atoms with Crippen LogP contribution in [0.4, 0.5) is 0 Å². The lowest BCUT2D eigenvalue weighted by Crippen LogP contribution is -2.46. The molecule has 6 rings (SSSR count). The molecule has 5 heterocycles. The molecule has 0 radical (unpaired) electrons. The number of rotatable bonds is 5. The first-order valence-electron chi connectivity index (χ1n) is 12.2. The molecule has 2 fully saturated rings. The topological polar surface area (TPSA) is 106 Å². The van der Waals surface area contributed by atoms with Gasteiger partial charge >= 0.3 is 0 Å². The van der Waals surface area contributed by atoms with E-state index in [0.717, 1.165) is 35.7 Å². The van der Waals surface area contributed by atoms with E-state index in [9.17, 15) is 5.26 Å². The second kappa shape index (κ2) is 9.52. The van der Waals surface area contributed by atoms with Crippen LogP contribution in [0.1, 0.15) is 61.8 Å². The summed E-state index contributed by atoms with van der Waals surface area (Å²) in [5, 5.41) is 22.2. The van der Waals surface area contributed by atoms with E-state index in [0.29, 0.717) is 28.7 Å². The minimum absolute atomic E-state index is 0. The predicted octanol–water partition coefficient (Wildman–Crippen LogP) is 4.43. The first-order valence-corrected chi connectivity index (χ1v) is 12.2. The van der Waals surface area contributed by atoms with E-state index in [-0.39, 0.29) is 18.5 Å².